The minimum atomic E-state index is -0.228. The molecule has 2 N–H and O–H groups in total. The molecule has 0 amide bonds. The number of ether oxygens (including phenoxy) is 1. The number of hydrogen-bond donors (Lipinski definition) is 1. The highest BCUT2D eigenvalue weighted by Gasteiger charge is 2.28. The smallest absolute Gasteiger partial charge is 0.124 e. The molecule has 88 valence electrons. The summed E-state index contributed by atoms with van der Waals surface area (Å²) in [5.41, 5.74) is 7.15. The molecule has 1 aliphatic heterocycles. The molecular weight excluding hydrogens is 273 g/mol. The summed E-state index contributed by atoms with van der Waals surface area (Å²) in [6, 6.07) is 4.75. The third-order valence-electron chi connectivity index (χ3n) is 3.05. The second-order valence-corrected chi connectivity index (χ2v) is 5.24. The summed E-state index contributed by atoms with van der Waals surface area (Å²) in [5, 5.41) is 0. The van der Waals surface area contributed by atoms with E-state index in [0.29, 0.717) is 0 Å². The van der Waals surface area contributed by atoms with Crippen LogP contribution in [0.5, 0.6) is 0 Å². The molecule has 0 saturated carbocycles. The highest BCUT2D eigenvalue weighted by Crippen LogP contribution is 2.27. The van der Waals surface area contributed by atoms with Crippen LogP contribution in [-0.2, 0) is 11.2 Å². The summed E-state index contributed by atoms with van der Waals surface area (Å²) >= 11 is 3.37. The Morgan fingerprint density at radius 2 is 2.06 bits per heavy atom. The van der Waals surface area contributed by atoms with E-state index in [1.165, 1.54) is 12.1 Å². The third kappa shape index (κ3) is 2.81. The second kappa shape index (κ2) is 4.82. The van der Waals surface area contributed by atoms with Crippen LogP contribution in [0.15, 0.2) is 22.7 Å². The fourth-order valence-corrected chi connectivity index (χ4v) is 2.49. The van der Waals surface area contributed by atoms with Crippen molar-refractivity contribution in [1.82, 2.24) is 0 Å². The number of benzene rings is 1. The van der Waals surface area contributed by atoms with Gasteiger partial charge in [0.25, 0.3) is 0 Å². The van der Waals surface area contributed by atoms with Crippen molar-refractivity contribution < 1.29 is 9.13 Å². The van der Waals surface area contributed by atoms with E-state index in [0.717, 1.165) is 42.5 Å². The fraction of sp³-hybridized carbons (Fsp3) is 0.500. The summed E-state index contributed by atoms with van der Waals surface area (Å²) < 4.78 is 19.0. The Morgan fingerprint density at radius 3 is 2.69 bits per heavy atom. The van der Waals surface area contributed by atoms with Gasteiger partial charge in [-0.15, -0.1) is 0 Å². The monoisotopic (exact) mass is 287 g/mol. The number of hydrogen-bond acceptors (Lipinski definition) is 2. The van der Waals surface area contributed by atoms with Gasteiger partial charge in [0, 0.05) is 23.2 Å². The standard InChI is InChI=1S/C12H15BrFNO/c13-11-7-10(14)2-1-9(11)8-12(15)3-5-16-6-4-12/h1-2,7H,3-6,8,15H2. The van der Waals surface area contributed by atoms with Crippen molar-refractivity contribution in [2.45, 2.75) is 24.8 Å². The molecule has 4 heteroatoms. The average Bonchev–Trinajstić information content (AvgIpc) is 2.23. The van der Waals surface area contributed by atoms with Crippen LogP contribution >= 0.6 is 15.9 Å². The van der Waals surface area contributed by atoms with Crippen LogP contribution in [0.2, 0.25) is 0 Å². The quantitative estimate of drug-likeness (QED) is 0.908. The van der Waals surface area contributed by atoms with Crippen molar-refractivity contribution in [2.75, 3.05) is 13.2 Å². The second-order valence-electron chi connectivity index (χ2n) is 4.39. The molecule has 0 atom stereocenters. The molecule has 0 aromatic heterocycles. The first kappa shape index (κ1) is 12.0. The van der Waals surface area contributed by atoms with Crippen molar-refractivity contribution in [3.05, 3.63) is 34.1 Å². The van der Waals surface area contributed by atoms with Crippen molar-refractivity contribution in [3.63, 3.8) is 0 Å². The van der Waals surface area contributed by atoms with Crippen molar-refractivity contribution in [2.24, 2.45) is 5.73 Å². The molecule has 1 fully saturated rings. The van der Waals surface area contributed by atoms with Crippen LogP contribution < -0.4 is 5.73 Å². The predicted molar refractivity (Wildman–Crippen MR) is 64.8 cm³/mol. The minimum Gasteiger partial charge on any atom is -0.381 e. The highest BCUT2D eigenvalue weighted by atomic mass is 79.9. The lowest BCUT2D eigenvalue weighted by Crippen LogP contribution is -2.46. The van der Waals surface area contributed by atoms with Crippen molar-refractivity contribution in [3.8, 4) is 0 Å². The molecule has 1 aromatic carbocycles. The van der Waals surface area contributed by atoms with Crippen LogP contribution in [0.25, 0.3) is 0 Å². The predicted octanol–water partition coefficient (Wildman–Crippen LogP) is 2.64. The van der Waals surface area contributed by atoms with Gasteiger partial charge in [-0.25, -0.2) is 4.39 Å². The normalized spacial score (nSPS) is 19.7. The molecule has 1 saturated heterocycles. The molecule has 2 rings (SSSR count). The zero-order chi connectivity index (χ0) is 11.6. The molecule has 1 heterocycles. The maximum Gasteiger partial charge on any atom is 0.124 e. The van der Waals surface area contributed by atoms with Gasteiger partial charge in [0.2, 0.25) is 0 Å². The summed E-state index contributed by atoms with van der Waals surface area (Å²) in [6.45, 7) is 1.44. The summed E-state index contributed by atoms with van der Waals surface area (Å²) in [7, 11) is 0. The highest BCUT2D eigenvalue weighted by molar-refractivity contribution is 9.10. The van der Waals surface area contributed by atoms with Crippen LogP contribution in [0.4, 0.5) is 4.39 Å². The minimum absolute atomic E-state index is 0.210. The summed E-state index contributed by atoms with van der Waals surface area (Å²) in [4.78, 5) is 0. The van der Waals surface area contributed by atoms with Gasteiger partial charge in [-0.2, -0.15) is 0 Å². The van der Waals surface area contributed by atoms with E-state index in [2.05, 4.69) is 15.9 Å². The Balaban J connectivity index is 2.13. The first-order chi connectivity index (χ1) is 7.59. The van der Waals surface area contributed by atoms with Gasteiger partial charge in [0.15, 0.2) is 0 Å². The van der Waals surface area contributed by atoms with Gasteiger partial charge < -0.3 is 10.5 Å². The van der Waals surface area contributed by atoms with E-state index in [9.17, 15) is 4.39 Å². The largest absolute Gasteiger partial charge is 0.381 e. The van der Waals surface area contributed by atoms with Gasteiger partial charge in [-0.1, -0.05) is 22.0 Å². The molecule has 0 unspecified atom stereocenters. The van der Waals surface area contributed by atoms with Crippen LogP contribution in [0.1, 0.15) is 18.4 Å². The number of halogens is 2. The fourth-order valence-electron chi connectivity index (χ4n) is 2.00. The Kier molecular flexibility index (Phi) is 3.62. The molecule has 0 bridgehead atoms. The van der Waals surface area contributed by atoms with Crippen molar-refractivity contribution in [1.29, 1.82) is 0 Å². The Labute approximate surface area is 103 Å². The van der Waals surface area contributed by atoms with Crippen LogP contribution in [0.3, 0.4) is 0 Å². The zero-order valence-electron chi connectivity index (χ0n) is 9.01. The molecule has 2 nitrogen and oxygen atoms in total. The maximum atomic E-state index is 12.9. The summed E-state index contributed by atoms with van der Waals surface area (Å²) in [5.74, 6) is -0.228. The lowest BCUT2D eigenvalue weighted by Gasteiger charge is -2.33. The van der Waals surface area contributed by atoms with E-state index in [1.54, 1.807) is 6.07 Å². The Bertz CT molecular complexity index is 377. The topological polar surface area (TPSA) is 35.2 Å². The van der Waals surface area contributed by atoms with Gasteiger partial charge in [-0.05, 0) is 37.0 Å². The summed E-state index contributed by atoms with van der Waals surface area (Å²) in [6.07, 6.45) is 2.48. The molecule has 0 radical (unpaired) electrons. The van der Waals surface area contributed by atoms with Gasteiger partial charge >= 0.3 is 0 Å². The van der Waals surface area contributed by atoms with Crippen LogP contribution in [-0.4, -0.2) is 18.8 Å². The van der Waals surface area contributed by atoms with Gasteiger partial charge in [-0.3, -0.25) is 0 Å². The average molecular weight is 288 g/mol. The van der Waals surface area contributed by atoms with E-state index in [-0.39, 0.29) is 11.4 Å². The molecule has 16 heavy (non-hydrogen) atoms. The first-order valence-electron chi connectivity index (χ1n) is 5.40. The number of rotatable bonds is 2. The lowest BCUT2D eigenvalue weighted by molar-refractivity contribution is 0.0533. The van der Waals surface area contributed by atoms with E-state index >= 15 is 0 Å². The maximum absolute atomic E-state index is 12.9. The van der Waals surface area contributed by atoms with E-state index in [4.69, 9.17) is 10.5 Å². The molecular formula is C12H15BrFNO. The van der Waals surface area contributed by atoms with E-state index < -0.39 is 0 Å². The Hall–Kier alpha value is -0.450. The Morgan fingerprint density at radius 1 is 1.38 bits per heavy atom. The zero-order valence-corrected chi connectivity index (χ0v) is 10.6. The molecule has 1 aliphatic rings. The molecule has 0 spiro atoms. The van der Waals surface area contributed by atoms with Crippen LogP contribution in [0, 0.1) is 5.82 Å². The van der Waals surface area contributed by atoms with Crippen molar-refractivity contribution >= 4 is 15.9 Å². The lowest BCUT2D eigenvalue weighted by atomic mass is 9.85. The van der Waals surface area contributed by atoms with Gasteiger partial charge in [0.1, 0.15) is 5.82 Å². The van der Waals surface area contributed by atoms with Gasteiger partial charge in [0.05, 0.1) is 0 Å². The first-order valence-corrected chi connectivity index (χ1v) is 6.19. The van der Waals surface area contributed by atoms with E-state index in [1.807, 2.05) is 0 Å². The molecule has 0 aliphatic carbocycles. The third-order valence-corrected chi connectivity index (χ3v) is 3.78. The SMILES string of the molecule is NC1(Cc2ccc(F)cc2Br)CCOCC1. The number of nitrogens with two attached hydrogens (primary N) is 1. The molecule has 1 aromatic rings.